The van der Waals surface area contributed by atoms with Gasteiger partial charge in [0.05, 0.1) is 18.9 Å². The molecule has 90 valence electrons. The van der Waals surface area contributed by atoms with Crippen molar-refractivity contribution in [3.8, 4) is 0 Å². The van der Waals surface area contributed by atoms with Gasteiger partial charge >= 0.3 is 7.60 Å². The van der Waals surface area contributed by atoms with Crippen LogP contribution in [0.3, 0.4) is 0 Å². The third-order valence-electron chi connectivity index (χ3n) is 2.84. The minimum Gasteiger partial charge on any atom is -0.309 e. The van der Waals surface area contributed by atoms with E-state index < -0.39 is 7.60 Å². The largest absolute Gasteiger partial charge is 0.333 e. The Hall–Kier alpha value is 0.150. The molecule has 0 heterocycles. The summed E-state index contributed by atoms with van der Waals surface area (Å²) in [5, 5.41) is 0. The van der Waals surface area contributed by atoms with Crippen molar-refractivity contribution in [2.75, 3.05) is 13.2 Å². The van der Waals surface area contributed by atoms with Crippen molar-refractivity contribution in [1.29, 1.82) is 0 Å². The van der Waals surface area contributed by atoms with Gasteiger partial charge in [-0.2, -0.15) is 0 Å². The van der Waals surface area contributed by atoms with E-state index >= 15 is 0 Å². The number of rotatable bonds is 8. The van der Waals surface area contributed by atoms with E-state index in [1.54, 1.807) is 0 Å². The zero-order valence-corrected chi connectivity index (χ0v) is 11.0. The highest BCUT2D eigenvalue weighted by Crippen LogP contribution is 2.66. The summed E-state index contributed by atoms with van der Waals surface area (Å²) in [4.78, 5) is 0. The molecule has 1 rings (SSSR count). The molecule has 0 radical (unpaired) electrons. The summed E-state index contributed by atoms with van der Waals surface area (Å²) in [6.07, 6.45) is 4.62. The van der Waals surface area contributed by atoms with Crippen molar-refractivity contribution >= 4 is 7.60 Å². The maximum absolute atomic E-state index is 12.3. The van der Waals surface area contributed by atoms with Gasteiger partial charge in [-0.25, -0.2) is 0 Å². The van der Waals surface area contributed by atoms with Crippen molar-refractivity contribution in [2.24, 2.45) is 5.92 Å². The molecule has 2 atom stereocenters. The molecule has 1 aliphatic rings. The second-order valence-corrected chi connectivity index (χ2v) is 6.34. The standard InChI is InChI=1S/C11H23O3P/c1-4-7-8-10-9-11(10)15(12,13-5-2)14-6-3/h10-11H,4-9H2,1-3H3/t10-,11-/m0/s1. The highest BCUT2D eigenvalue weighted by atomic mass is 31.2. The molecule has 0 N–H and O–H groups in total. The number of hydrogen-bond donors (Lipinski definition) is 0. The van der Waals surface area contributed by atoms with E-state index in [4.69, 9.17) is 9.05 Å². The van der Waals surface area contributed by atoms with Crippen LogP contribution in [-0.2, 0) is 13.6 Å². The number of hydrogen-bond acceptors (Lipinski definition) is 3. The summed E-state index contributed by atoms with van der Waals surface area (Å²) in [6, 6.07) is 0. The maximum Gasteiger partial charge on any atom is 0.333 e. The molecule has 0 saturated heterocycles. The molecule has 0 bridgehead atoms. The Labute approximate surface area is 93.1 Å². The molecule has 0 aromatic carbocycles. The van der Waals surface area contributed by atoms with Gasteiger partial charge in [0.2, 0.25) is 0 Å². The number of unbranched alkanes of at least 4 members (excludes halogenated alkanes) is 1. The average Bonchev–Trinajstić information content (AvgIpc) is 2.95. The van der Waals surface area contributed by atoms with Gasteiger partial charge < -0.3 is 9.05 Å². The molecule has 0 unspecified atom stereocenters. The smallest absolute Gasteiger partial charge is 0.309 e. The van der Waals surface area contributed by atoms with Gasteiger partial charge in [-0.15, -0.1) is 0 Å². The Morgan fingerprint density at radius 1 is 1.20 bits per heavy atom. The summed E-state index contributed by atoms with van der Waals surface area (Å²) >= 11 is 0. The lowest BCUT2D eigenvalue weighted by atomic mass is 10.2. The van der Waals surface area contributed by atoms with Crippen LogP contribution >= 0.6 is 7.60 Å². The highest BCUT2D eigenvalue weighted by Gasteiger charge is 2.51. The van der Waals surface area contributed by atoms with Gasteiger partial charge in [-0.05, 0) is 32.6 Å². The lowest BCUT2D eigenvalue weighted by molar-refractivity contribution is 0.217. The quantitative estimate of drug-likeness (QED) is 0.599. The molecule has 1 fully saturated rings. The van der Waals surface area contributed by atoms with Crippen LogP contribution < -0.4 is 0 Å². The van der Waals surface area contributed by atoms with Gasteiger partial charge in [0, 0.05) is 0 Å². The van der Waals surface area contributed by atoms with Crippen LogP contribution in [0.5, 0.6) is 0 Å². The summed E-state index contributed by atoms with van der Waals surface area (Å²) in [7, 11) is -2.78. The van der Waals surface area contributed by atoms with Crippen LogP contribution in [-0.4, -0.2) is 18.9 Å². The van der Waals surface area contributed by atoms with Crippen molar-refractivity contribution in [3.63, 3.8) is 0 Å². The minimum atomic E-state index is -2.78. The first-order valence-electron chi connectivity index (χ1n) is 6.06. The maximum atomic E-state index is 12.3. The fraction of sp³-hybridized carbons (Fsp3) is 1.00. The van der Waals surface area contributed by atoms with Crippen molar-refractivity contribution in [3.05, 3.63) is 0 Å². The van der Waals surface area contributed by atoms with Crippen LogP contribution in [0.15, 0.2) is 0 Å². The second kappa shape index (κ2) is 6.03. The molecule has 0 spiro atoms. The van der Waals surface area contributed by atoms with Crippen molar-refractivity contribution in [1.82, 2.24) is 0 Å². The first-order valence-corrected chi connectivity index (χ1v) is 7.67. The Kier molecular flexibility index (Phi) is 5.31. The van der Waals surface area contributed by atoms with E-state index in [9.17, 15) is 4.57 Å². The first-order chi connectivity index (χ1) is 7.18. The lowest BCUT2D eigenvalue weighted by Gasteiger charge is -2.16. The topological polar surface area (TPSA) is 35.5 Å². The highest BCUT2D eigenvalue weighted by molar-refractivity contribution is 7.55. The Morgan fingerprint density at radius 3 is 2.27 bits per heavy atom. The van der Waals surface area contributed by atoms with Crippen LogP contribution in [0.25, 0.3) is 0 Å². The molecular weight excluding hydrogens is 211 g/mol. The van der Waals surface area contributed by atoms with E-state index in [0.29, 0.717) is 19.1 Å². The molecule has 3 nitrogen and oxygen atoms in total. The predicted octanol–water partition coefficient (Wildman–Crippen LogP) is 3.83. The Morgan fingerprint density at radius 2 is 1.80 bits per heavy atom. The lowest BCUT2D eigenvalue weighted by Crippen LogP contribution is -2.02. The fourth-order valence-corrected chi connectivity index (χ4v) is 4.36. The molecular formula is C11H23O3P. The molecule has 0 amide bonds. The van der Waals surface area contributed by atoms with E-state index in [-0.39, 0.29) is 5.66 Å². The molecule has 1 aliphatic carbocycles. The summed E-state index contributed by atoms with van der Waals surface area (Å²) in [5.74, 6) is 0.578. The van der Waals surface area contributed by atoms with Crippen molar-refractivity contribution in [2.45, 2.75) is 52.1 Å². The van der Waals surface area contributed by atoms with Gasteiger partial charge in [-0.3, -0.25) is 4.57 Å². The van der Waals surface area contributed by atoms with Gasteiger partial charge in [0.1, 0.15) is 0 Å². The molecule has 0 aromatic rings. The SMILES string of the molecule is CCCC[C@H]1C[C@@H]1P(=O)(OCC)OCC. The van der Waals surface area contributed by atoms with E-state index in [2.05, 4.69) is 6.92 Å². The summed E-state index contributed by atoms with van der Waals surface area (Å²) in [6.45, 7) is 6.88. The first kappa shape index (κ1) is 13.2. The average molecular weight is 234 g/mol. The third kappa shape index (κ3) is 3.58. The Bertz CT molecular complexity index is 220. The molecule has 0 aliphatic heterocycles. The second-order valence-electron chi connectivity index (χ2n) is 4.08. The normalized spacial score (nSPS) is 25.5. The zero-order chi connectivity index (χ0) is 11.3. The van der Waals surface area contributed by atoms with E-state index in [1.165, 1.54) is 19.3 Å². The zero-order valence-electron chi connectivity index (χ0n) is 10.1. The Balaban J connectivity index is 2.42. The van der Waals surface area contributed by atoms with Crippen LogP contribution in [0.1, 0.15) is 46.5 Å². The molecule has 4 heteroatoms. The monoisotopic (exact) mass is 234 g/mol. The molecule has 0 aromatic heterocycles. The van der Waals surface area contributed by atoms with Crippen LogP contribution in [0, 0.1) is 5.92 Å². The molecule has 15 heavy (non-hydrogen) atoms. The fourth-order valence-electron chi connectivity index (χ4n) is 1.98. The predicted molar refractivity (Wildman–Crippen MR) is 62.3 cm³/mol. The van der Waals surface area contributed by atoms with Gasteiger partial charge in [0.15, 0.2) is 0 Å². The van der Waals surface area contributed by atoms with E-state index in [1.807, 2.05) is 13.8 Å². The van der Waals surface area contributed by atoms with Gasteiger partial charge in [0.25, 0.3) is 0 Å². The minimum absolute atomic E-state index is 0.184. The summed E-state index contributed by atoms with van der Waals surface area (Å²) < 4.78 is 23.0. The van der Waals surface area contributed by atoms with Crippen molar-refractivity contribution < 1.29 is 13.6 Å². The molecule has 1 saturated carbocycles. The van der Waals surface area contributed by atoms with Crippen LogP contribution in [0.4, 0.5) is 0 Å². The van der Waals surface area contributed by atoms with Gasteiger partial charge in [-0.1, -0.05) is 19.8 Å². The van der Waals surface area contributed by atoms with E-state index in [0.717, 1.165) is 6.42 Å². The summed E-state index contributed by atoms with van der Waals surface area (Å²) in [5.41, 5.74) is 0.184. The van der Waals surface area contributed by atoms with Crippen LogP contribution in [0.2, 0.25) is 0 Å². The third-order valence-corrected chi connectivity index (χ3v) is 5.52.